The van der Waals surface area contributed by atoms with Crippen LogP contribution in [0.5, 0.6) is 11.5 Å². The third-order valence-corrected chi connectivity index (χ3v) is 2.75. The van der Waals surface area contributed by atoms with Gasteiger partial charge in [-0.2, -0.15) is 0 Å². The minimum absolute atomic E-state index is 0.152. The molecule has 0 unspecified atom stereocenters. The molecule has 1 rings (SSSR count). The Hall–Kier alpha value is -2.61. The predicted molar refractivity (Wildman–Crippen MR) is 91.1 cm³/mol. The molecule has 0 aliphatic carbocycles. The molecule has 1 aromatic carbocycles. The van der Waals surface area contributed by atoms with Crippen molar-refractivity contribution in [1.82, 2.24) is 5.32 Å². The number of nitrogens with one attached hydrogen (secondary N) is 1. The van der Waals surface area contributed by atoms with Crippen molar-refractivity contribution in [2.45, 2.75) is 13.8 Å². The van der Waals surface area contributed by atoms with Crippen molar-refractivity contribution >= 4 is 17.7 Å². The van der Waals surface area contributed by atoms with Crippen molar-refractivity contribution in [3.05, 3.63) is 23.8 Å². The first kappa shape index (κ1) is 22.4. The van der Waals surface area contributed by atoms with E-state index in [0.29, 0.717) is 5.56 Å². The largest absolute Gasteiger partial charge is 0.478 e. The summed E-state index contributed by atoms with van der Waals surface area (Å²) in [5.74, 6) is -0.952. The van der Waals surface area contributed by atoms with E-state index in [1.807, 2.05) is 13.8 Å². The Bertz CT molecular complexity index is 572. The Morgan fingerprint density at radius 3 is 1.92 bits per heavy atom. The Morgan fingerprint density at radius 1 is 0.920 bits per heavy atom. The molecule has 25 heavy (non-hydrogen) atoms. The standard InChI is InChI=1S/C15H19NO7.C2H6/c1-16-7-11(17)10-4-5-12(22-8-14(18)20-2)13(6-10)23-9-15(19)21-3;1-2/h4-6,16H,7-9H2,1-3H3;1-2H3. The zero-order valence-electron chi connectivity index (χ0n) is 15.2. The Morgan fingerprint density at radius 2 is 1.44 bits per heavy atom. The van der Waals surface area contributed by atoms with Crippen LogP contribution >= 0.6 is 0 Å². The number of carbonyl (C=O) groups is 3. The van der Waals surface area contributed by atoms with Gasteiger partial charge < -0.3 is 24.3 Å². The first-order valence-corrected chi connectivity index (χ1v) is 7.72. The van der Waals surface area contributed by atoms with Crippen LogP contribution in [-0.4, -0.2) is 58.7 Å². The fourth-order valence-electron chi connectivity index (χ4n) is 1.57. The van der Waals surface area contributed by atoms with Gasteiger partial charge in [0.15, 0.2) is 30.5 Å². The van der Waals surface area contributed by atoms with E-state index in [1.165, 1.54) is 32.4 Å². The Labute approximate surface area is 147 Å². The van der Waals surface area contributed by atoms with Gasteiger partial charge in [0.2, 0.25) is 0 Å². The van der Waals surface area contributed by atoms with Crippen molar-refractivity contribution < 1.29 is 33.3 Å². The number of benzene rings is 1. The van der Waals surface area contributed by atoms with Gasteiger partial charge in [-0.05, 0) is 25.2 Å². The lowest BCUT2D eigenvalue weighted by atomic mass is 10.1. The maximum absolute atomic E-state index is 11.9. The molecule has 1 aromatic rings. The summed E-state index contributed by atoms with van der Waals surface area (Å²) >= 11 is 0. The van der Waals surface area contributed by atoms with Gasteiger partial charge in [0.25, 0.3) is 0 Å². The summed E-state index contributed by atoms with van der Waals surface area (Å²) in [5, 5.41) is 2.75. The molecular weight excluding hydrogens is 330 g/mol. The van der Waals surface area contributed by atoms with E-state index in [1.54, 1.807) is 7.05 Å². The number of ether oxygens (including phenoxy) is 4. The molecule has 0 saturated heterocycles. The molecule has 8 heteroatoms. The molecule has 0 aromatic heterocycles. The first-order chi connectivity index (χ1) is 12.0. The van der Waals surface area contributed by atoms with Gasteiger partial charge in [-0.25, -0.2) is 9.59 Å². The summed E-state index contributed by atoms with van der Waals surface area (Å²) in [6, 6.07) is 4.46. The van der Waals surface area contributed by atoms with Gasteiger partial charge in [-0.3, -0.25) is 4.79 Å². The molecule has 0 saturated carbocycles. The lowest BCUT2D eigenvalue weighted by molar-refractivity contribution is -0.144. The summed E-state index contributed by atoms with van der Waals surface area (Å²) in [7, 11) is 4.12. The smallest absolute Gasteiger partial charge is 0.343 e. The fraction of sp³-hybridized carbons (Fsp3) is 0.471. The maximum atomic E-state index is 11.9. The normalized spacial score (nSPS) is 9.32. The molecule has 0 amide bonds. The number of carbonyl (C=O) groups excluding carboxylic acids is 3. The number of likely N-dealkylation sites (N-methyl/N-ethyl adjacent to an activating group) is 1. The quantitative estimate of drug-likeness (QED) is 0.521. The van der Waals surface area contributed by atoms with Crippen molar-refractivity contribution in [2.75, 3.05) is 41.0 Å². The highest BCUT2D eigenvalue weighted by atomic mass is 16.6. The summed E-state index contributed by atoms with van der Waals surface area (Å²) < 4.78 is 19.5. The van der Waals surface area contributed by atoms with Crippen molar-refractivity contribution in [1.29, 1.82) is 0 Å². The van der Waals surface area contributed by atoms with Crippen LogP contribution in [0.4, 0.5) is 0 Å². The molecule has 0 heterocycles. The van der Waals surface area contributed by atoms with Gasteiger partial charge in [0.1, 0.15) is 0 Å². The van der Waals surface area contributed by atoms with Crippen LogP contribution in [0.2, 0.25) is 0 Å². The van der Waals surface area contributed by atoms with E-state index >= 15 is 0 Å². The second kappa shape index (κ2) is 12.8. The molecule has 0 radical (unpaired) electrons. The lowest BCUT2D eigenvalue weighted by Crippen LogP contribution is -2.19. The van der Waals surface area contributed by atoms with E-state index in [0.717, 1.165) is 0 Å². The zero-order chi connectivity index (χ0) is 19.2. The number of hydrogen-bond acceptors (Lipinski definition) is 8. The lowest BCUT2D eigenvalue weighted by Gasteiger charge is -2.13. The number of esters is 2. The van der Waals surface area contributed by atoms with Crippen LogP contribution in [0.1, 0.15) is 24.2 Å². The van der Waals surface area contributed by atoms with Crippen LogP contribution in [0, 0.1) is 0 Å². The van der Waals surface area contributed by atoms with Crippen LogP contribution in [0.25, 0.3) is 0 Å². The number of rotatable bonds is 9. The summed E-state index contributed by atoms with van der Waals surface area (Å²) in [4.78, 5) is 34.2. The zero-order valence-corrected chi connectivity index (χ0v) is 15.2. The molecule has 0 aliphatic rings. The maximum Gasteiger partial charge on any atom is 0.343 e. The van der Waals surface area contributed by atoms with Crippen LogP contribution in [-0.2, 0) is 19.1 Å². The van der Waals surface area contributed by atoms with Crippen LogP contribution in [0.3, 0.4) is 0 Å². The number of hydrogen-bond donors (Lipinski definition) is 1. The highest BCUT2D eigenvalue weighted by Gasteiger charge is 2.14. The molecule has 0 aliphatic heterocycles. The second-order valence-electron chi connectivity index (χ2n) is 4.34. The van der Waals surface area contributed by atoms with E-state index < -0.39 is 11.9 Å². The first-order valence-electron chi connectivity index (χ1n) is 7.72. The van der Waals surface area contributed by atoms with Crippen LogP contribution in [0.15, 0.2) is 18.2 Å². The third-order valence-electron chi connectivity index (χ3n) is 2.75. The predicted octanol–water partition coefficient (Wildman–Crippen LogP) is 1.22. The molecule has 1 N–H and O–H groups in total. The highest BCUT2D eigenvalue weighted by Crippen LogP contribution is 2.28. The van der Waals surface area contributed by atoms with Gasteiger partial charge in [-0.1, -0.05) is 13.8 Å². The van der Waals surface area contributed by atoms with Crippen molar-refractivity contribution in [3.8, 4) is 11.5 Å². The molecule has 0 spiro atoms. The van der Waals surface area contributed by atoms with Gasteiger partial charge in [0, 0.05) is 5.56 Å². The van der Waals surface area contributed by atoms with E-state index in [4.69, 9.17) is 9.47 Å². The van der Waals surface area contributed by atoms with Crippen molar-refractivity contribution in [3.63, 3.8) is 0 Å². The average molecular weight is 355 g/mol. The van der Waals surface area contributed by atoms with Gasteiger partial charge in [-0.15, -0.1) is 0 Å². The van der Waals surface area contributed by atoms with E-state index in [-0.39, 0.29) is 37.0 Å². The van der Waals surface area contributed by atoms with Crippen molar-refractivity contribution in [2.24, 2.45) is 0 Å². The summed E-state index contributed by atoms with van der Waals surface area (Å²) in [6.45, 7) is 3.47. The third kappa shape index (κ3) is 8.16. The highest BCUT2D eigenvalue weighted by molar-refractivity contribution is 5.98. The fourth-order valence-corrected chi connectivity index (χ4v) is 1.57. The molecule has 0 fully saturated rings. The van der Waals surface area contributed by atoms with Gasteiger partial charge >= 0.3 is 11.9 Å². The topological polar surface area (TPSA) is 100 Å². The second-order valence-corrected chi connectivity index (χ2v) is 4.34. The molecule has 8 nitrogen and oxygen atoms in total. The minimum Gasteiger partial charge on any atom is -0.478 e. The SMILES string of the molecule is CC.CNCC(=O)c1ccc(OCC(=O)OC)c(OCC(=O)OC)c1. The average Bonchev–Trinajstić information content (AvgIpc) is 2.65. The monoisotopic (exact) mass is 355 g/mol. The molecule has 140 valence electrons. The molecule has 0 bridgehead atoms. The minimum atomic E-state index is -0.587. The van der Waals surface area contributed by atoms with Gasteiger partial charge in [0.05, 0.1) is 20.8 Å². The van der Waals surface area contributed by atoms with E-state index in [9.17, 15) is 14.4 Å². The molecular formula is C17H25NO7. The Kier molecular flexibility index (Phi) is 11.4. The number of methoxy groups -OCH3 is 2. The molecule has 0 atom stereocenters. The van der Waals surface area contributed by atoms with Crippen LogP contribution < -0.4 is 14.8 Å². The summed E-state index contributed by atoms with van der Waals surface area (Å²) in [5.41, 5.74) is 0.379. The number of Topliss-reactive ketones (excluding diaryl/α,β-unsaturated/α-hetero) is 1. The number of ketones is 1. The van der Waals surface area contributed by atoms with E-state index in [2.05, 4.69) is 14.8 Å². The Balaban J connectivity index is 0.00000277. The summed E-state index contributed by atoms with van der Waals surface area (Å²) in [6.07, 6.45) is 0.